The fourth-order valence-electron chi connectivity index (χ4n) is 2.14. The summed E-state index contributed by atoms with van der Waals surface area (Å²) in [6.07, 6.45) is 0.547. The van der Waals surface area contributed by atoms with Crippen LogP contribution in [-0.2, 0) is 26.7 Å². The van der Waals surface area contributed by atoms with Crippen LogP contribution in [0.3, 0.4) is 0 Å². The molecule has 9 nitrogen and oxygen atoms in total. The molecule has 1 aliphatic rings. The molecule has 0 aliphatic carbocycles. The first-order valence-corrected chi connectivity index (χ1v) is 7.76. The number of amides is 1. The molecule has 1 saturated heterocycles. The summed E-state index contributed by atoms with van der Waals surface area (Å²) < 4.78 is 27.2. The molecule has 0 spiro atoms. The average Bonchev–Trinajstić information content (AvgIpc) is 2.71. The summed E-state index contributed by atoms with van der Waals surface area (Å²) >= 11 is 5.83. The van der Waals surface area contributed by atoms with E-state index in [4.69, 9.17) is 16.7 Å². The molecule has 1 aromatic heterocycles. The van der Waals surface area contributed by atoms with Gasteiger partial charge < -0.3 is 10.4 Å². The standard InChI is InChI=1S/C10H13ClN4O5S/c1-14-10(6(11)5-13-14)21(19,20)15-3-2-12-9(18)7(15)4-8(16)17/h5,7H,2-4H2,1H3,(H,12,18)(H,16,17). The molecule has 116 valence electrons. The number of nitrogens with zero attached hydrogens (tertiary/aromatic N) is 3. The third kappa shape index (κ3) is 2.87. The van der Waals surface area contributed by atoms with Crippen molar-refractivity contribution in [1.82, 2.24) is 19.4 Å². The van der Waals surface area contributed by atoms with E-state index in [1.54, 1.807) is 0 Å². The Morgan fingerprint density at radius 1 is 1.62 bits per heavy atom. The van der Waals surface area contributed by atoms with Crippen molar-refractivity contribution >= 4 is 33.5 Å². The third-order valence-electron chi connectivity index (χ3n) is 3.05. The predicted molar refractivity (Wildman–Crippen MR) is 71.2 cm³/mol. The number of aliphatic carboxylic acids is 1. The molecule has 2 heterocycles. The van der Waals surface area contributed by atoms with Crippen molar-refractivity contribution < 1.29 is 23.1 Å². The molecular weight excluding hydrogens is 324 g/mol. The van der Waals surface area contributed by atoms with Gasteiger partial charge in [-0.05, 0) is 0 Å². The number of sulfonamides is 1. The Hall–Kier alpha value is -1.65. The van der Waals surface area contributed by atoms with Gasteiger partial charge in [-0.25, -0.2) is 8.42 Å². The number of carboxylic acids is 1. The van der Waals surface area contributed by atoms with E-state index in [1.807, 2.05) is 0 Å². The van der Waals surface area contributed by atoms with Crippen molar-refractivity contribution in [1.29, 1.82) is 0 Å². The monoisotopic (exact) mass is 336 g/mol. The normalized spacial score (nSPS) is 20.3. The number of hydrogen-bond donors (Lipinski definition) is 2. The fourth-order valence-corrected chi connectivity index (χ4v) is 4.34. The second-order valence-electron chi connectivity index (χ2n) is 4.44. The number of nitrogens with one attached hydrogen (secondary N) is 1. The number of aryl methyl sites for hydroxylation is 1. The lowest BCUT2D eigenvalue weighted by Crippen LogP contribution is -2.57. The van der Waals surface area contributed by atoms with Gasteiger partial charge in [-0.1, -0.05) is 11.6 Å². The molecule has 0 aromatic carbocycles. The summed E-state index contributed by atoms with van der Waals surface area (Å²) in [5.41, 5.74) is 0. The number of carboxylic acid groups (broad SMARTS) is 1. The molecule has 1 atom stereocenters. The lowest BCUT2D eigenvalue weighted by Gasteiger charge is -2.33. The molecular formula is C10H13ClN4O5S. The second-order valence-corrected chi connectivity index (χ2v) is 6.65. The molecule has 0 radical (unpaired) electrons. The Kier molecular flexibility index (Phi) is 4.21. The summed E-state index contributed by atoms with van der Waals surface area (Å²) in [6, 6.07) is -1.31. The first-order chi connectivity index (χ1) is 9.75. The van der Waals surface area contributed by atoms with Gasteiger partial charge in [0.25, 0.3) is 10.0 Å². The molecule has 2 rings (SSSR count). The van der Waals surface area contributed by atoms with Gasteiger partial charge in [0.1, 0.15) is 6.04 Å². The van der Waals surface area contributed by atoms with Crippen molar-refractivity contribution in [3.8, 4) is 0 Å². The van der Waals surface area contributed by atoms with Gasteiger partial charge in [-0.2, -0.15) is 9.40 Å². The van der Waals surface area contributed by atoms with Crippen molar-refractivity contribution in [3.05, 3.63) is 11.2 Å². The Morgan fingerprint density at radius 2 is 2.29 bits per heavy atom. The van der Waals surface area contributed by atoms with E-state index < -0.39 is 34.4 Å². The second kappa shape index (κ2) is 5.62. The van der Waals surface area contributed by atoms with Crippen LogP contribution >= 0.6 is 11.6 Å². The van der Waals surface area contributed by atoms with Crippen molar-refractivity contribution in [2.24, 2.45) is 7.05 Å². The van der Waals surface area contributed by atoms with Gasteiger partial charge in [-0.15, -0.1) is 0 Å². The third-order valence-corrected chi connectivity index (χ3v) is 5.46. The van der Waals surface area contributed by atoms with E-state index in [0.717, 1.165) is 8.99 Å². The number of carbonyl (C=O) groups is 2. The SMILES string of the molecule is Cn1ncc(Cl)c1S(=O)(=O)N1CCNC(=O)C1CC(=O)O. The number of piperazine rings is 1. The number of rotatable bonds is 4. The van der Waals surface area contributed by atoms with Crippen LogP contribution in [0.15, 0.2) is 11.2 Å². The highest BCUT2D eigenvalue weighted by molar-refractivity contribution is 7.89. The molecule has 1 fully saturated rings. The number of carbonyl (C=O) groups excluding carboxylic acids is 1. The summed E-state index contributed by atoms with van der Waals surface area (Å²) in [4.78, 5) is 22.7. The molecule has 0 bridgehead atoms. The van der Waals surface area contributed by atoms with Gasteiger partial charge in [-0.3, -0.25) is 14.3 Å². The molecule has 1 amide bonds. The van der Waals surface area contributed by atoms with Crippen LogP contribution in [-0.4, -0.2) is 58.6 Å². The minimum Gasteiger partial charge on any atom is -0.481 e. The van der Waals surface area contributed by atoms with E-state index in [1.165, 1.54) is 13.2 Å². The Labute approximate surface area is 125 Å². The Bertz CT molecular complexity index is 666. The van der Waals surface area contributed by atoms with Crippen LogP contribution in [0.4, 0.5) is 0 Å². The highest BCUT2D eigenvalue weighted by atomic mass is 35.5. The number of hydrogen-bond acceptors (Lipinski definition) is 5. The van der Waals surface area contributed by atoms with Crippen molar-refractivity contribution in [2.45, 2.75) is 17.5 Å². The van der Waals surface area contributed by atoms with E-state index in [2.05, 4.69) is 10.4 Å². The first-order valence-electron chi connectivity index (χ1n) is 5.94. The predicted octanol–water partition coefficient (Wildman–Crippen LogP) is -0.963. The minimum absolute atomic E-state index is 0.0342. The summed E-state index contributed by atoms with van der Waals surface area (Å²) in [5.74, 6) is -1.92. The lowest BCUT2D eigenvalue weighted by atomic mass is 10.1. The van der Waals surface area contributed by atoms with E-state index >= 15 is 0 Å². The molecule has 2 N–H and O–H groups in total. The molecule has 21 heavy (non-hydrogen) atoms. The summed E-state index contributed by atoms with van der Waals surface area (Å²) in [6.45, 7) is 0.0666. The van der Waals surface area contributed by atoms with Crippen LogP contribution in [0.2, 0.25) is 5.02 Å². The number of aromatic nitrogens is 2. The molecule has 11 heteroatoms. The highest BCUT2D eigenvalue weighted by Crippen LogP contribution is 2.26. The van der Waals surface area contributed by atoms with Crippen molar-refractivity contribution in [3.63, 3.8) is 0 Å². The van der Waals surface area contributed by atoms with Crippen molar-refractivity contribution in [2.75, 3.05) is 13.1 Å². The fraction of sp³-hybridized carbons (Fsp3) is 0.500. The zero-order chi connectivity index (χ0) is 15.8. The zero-order valence-corrected chi connectivity index (χ0v) is 12.6. The number of halogens is 1. The van der Waals surface area contributed by atoms with E-state index in [-0.39, 0.29) is 23.1 Å². The minimum atomic E-state index is -4.13. The molecule has 1 aromatic rings. The summed E-state index contributed by atoms with van der Waals surface area (Å²) in [7, 11) is -2.73. The van der Waals surface area contributed by atoms with Gasteiger partial charge in [0.05, 0.1) is 17.6 Å². The van der Waals surface area contributed by atoms with E-state index in [9.17, 15) is 18.0 Å². The maximum absolute atomic E-state index is 12.6. The van der Waals surface area contributed by atoms with E-state index in [0.29, 0.717) is 0 Å². The van der Waals surface area contributed by atoms with Crippen LogP contribution < -0.4 is 5.32 Å². The average molecular weight is 337 g/mol. The van der Waals surface area contributed by atoms with Gasteiger partial charge in [0, 0.05) is 20.1 Å². The zero-order valence-electron chi connectivity index (χ0n) is 11.0. The van der Waals surface area contributed by atoms with Crippen LogP contribution in [0.5, 0.6) is 0 Å². The van der Waals surface area contributed by atoms with Crippen LogP contribution in [0, 0.1) is 0 Å². The maximum Gasteiger partial charge on any atom is 0.305 e. The smallest absolute Gasteiger partial charge is 0.305 e. The Balaban J connectivity index is 2.46. The lowest BCUT2D eigenvalue weighted by molar-refractivity contribution is -0.141. The van der Waals surface area contributed by atoms with Crippen LogP contribution in [0.1, 0.15) is 6.42 Å². The molecule has 0 saturated carbocycles. The topological polar surface area (TPSA) is 122 Å². The molecule has 1 aliphatic heterocycles. The molecule has 1 unspecified atom stereocenters. The largest absolute Gasteiger partial charge is 0.481 e. The maximum atomic E-state index is 12.6. The quantitative estimate of drug-likeness (QED) is 0.730. The van der Waals surface area contributed by atoms with Crippen LogP contribution in [0.25, 0.3) is 0 Å². The van der Waals surface area contributed by atoms with Gasteiger partial charge >= 0.3 is 5.97 Å². The first kappa shape index (κ1) is 15.7. The van der Waals surface area contributed by atoms with Gasteiger partial charge in [0.15, 0.2) is 5.03 Å². The highest BCUT2D eigenvalue weighted by Gasteiger charge is 2.41. The Morgan fingerprint density at radius 3 is 2.81 bits per heavy atom. The van der Waals surface area contributed by atoms with Gasteiger partial charge in [0.2, 0.25) is 5.91 Å². The summed E-state index contributed by atoms with van der Waals surface area (Å²) in [5, 5.41) is 14.7.